The van der Waals surface area contributed by atoms with Crippen molar-refractivity contribution in [2.24, 2.45) is 0 Å². The SMILES string of the molecule is CCCCCCCC/C=C\C/C=C\C/C=C\CCCC(=O)OC(COC(=O)CCCCCCCCCCC)COC(=O)CCCCCCCCCCCCCCCCCCCC. The van der Waals surface area contributed by atoms with E-state index < -0.39 is 6.10 Å². The number of unbranched alkanes of at least 4 members (excludes halogenated alkanes) is 32. The Labute approximate surface area is 385 Å². The second-order valence-electron chi connectivity index (χ2n) is 18.2. The van der Waals surface area contributed by atoms with Crippen LogP contribution in [0.25, 0.3) is 0 Å². The summed E-state index contributed by atoms with van der Waals surface area (Å²) in [6.45, 7) is 6.60. The Hall–Kier alpha value is -2.37. The van der Waals surface area contributed by atoms with Crippen LogP contribution in [0.15, 0.2) is 36.5 Å². The van der Waals surface area contributed by atoms with Crippen molar-refractivity contribution in [1.82, 2.24) is 0 Å². The van der Waals surface area contributed by atoms with E-state index in [1.165, 1.54) is 180 Å². The van der Waals surface area contributed by atoms with Gasteiger partial charge in [-0.25, -0.2) is 0 Å². The minimum absolute atomic E-state index is 0.0879. The second-order valence-corrected chi connectivity index (χ2v) is 18.2. The maximum atomic E-state index is 12.8. The summed E-state index contributed by atoms with van der Waals surface area (Å²) in [5.41, 5.74) is 0. The van der Waals surface area contributed by atoms with E-state index in [0.717, 1.165) is 57.8 Å². The molecule has 0 aromatic heterocycles. The first-order valence-corrected chi connectivity index (χ1v) is 27.0. The quantitative estimate of drug-likeness (QED) is 0.0262. The highest BCUT2D eigenvalue weighted by Crippen LogP contribution is 2.16. The fourth-order valence-electron chi connectivity index (χ4n) is 7.81. The van der Waals surface area contributed by atoms with E-state index in [9.17, 15) is 14.4 Å². The zero-order chi connectivity index (χ0) is 45.1. The minimum Gasteiger partial charge on any atom is -0.462 e. The van der Waals surface area contributed by atoms with Crippen molar-refractivity contribution in [3.05, 3.63) is 36.5 Å². The van der Waals surface area contributed by atoms with E-state index >= 15 is 0 Å². The van der Waals surface area contributed by atoms with Crippen molar-refractivity contribution >= 4 is 17.9 Å². The zero-order valence-electron chi connectivity index (χ0n) is 41.4. The molecular formula is C56H102O6. The molecule has 6 heteroatoms. The molecule has 0 rings (SSSR count). The van der Waals surface area contributed by atoms with Crippen LogP contribution in [0.2, 0.25) is 0 Å². The minimum atomic E-state index is -0.792. The molecule has 1 atom stereocenters. The van der Waals surface area contributed by atoms with Gasteiger partial charge in [0.05, 0.1) is 0 Å². The number of carbonyl (C=O) groups excluding carboxylic acids is 3. The normalized spacial score (nSPS) is 12.2. The third-order valence-corrected chi connectivity index (χ3v) is 11.9. The lowest BCUT2D eigenvalue weighted by molar-refractivity contribution is -0.167. The van der Waals surface area contributed by atoms with Crippen LogP contribution < -0.4 is 0 Å². The molecule has 0 N–H and O–H groups in total. The molecular weight excluding hydrogens is 769 g/mol. The zero-order valence-corrected chi connectivity index (χ0v) is 41.4. The Morgan fingerprint density at radius 3 is 0.952 bits per heavy atom. The van der Waals surface area contributed by atoms with Crippen LogP contribution in [-0.4, -0.2) is 37.2 Å². The van der Waals surface area contributed by atoms with Crippen molar-refractivity contribution in [1.29, 1.82) is 0 Å². The van der Waals surface area contributed by atoms with Crippen LogP contribution in [0.3, 0.4) is 0 Å². The van der Waals surface area contributed by atoms with Crippen LogP contribution >= 0.6 is 0 Å². The largest absolute Gasteiger partial charge is 0.462 e. The molecule has 0 saturated heterocycles. The van der Waals surface area contributed by atoms with Gasteiger partial charge < -0.3 is 14.2 Å². The highest BCUT2D eigenvalue weighted by Gasteiger charge is 2.19. The molecule has 6 nitrogen and oxygen atoms in total. The maximum absolute atomic E-state index is 12.8. The average Bonchev–Trinajstić information content (AvgIpc) is 3.27. The summed E-state index contributed by atoms with van der Waals surface area (Å²) in [6.07, 6.45) is 60.0. The molecule has 1 unspecified atom stereocenters. The van der Waals surface area contributed by atoms with Crippen molar-refractivity contribution < 1.29 is 28.6 Å². The third-order valence-electron chi connectivity index (χ3n) is 11.9. The number of hydrogen-bond acceptors (Lipinski definition) is 6. The van der Waals surface area contributed by atoms with Crippen molar-refractivity contribution in [3.63, 3.8) is 0 Å². The van der Waals surface area contributed by atoms with Gasteiger partial charge in [-0.1, -0.05) is 250 Å². The molecule has 0 spiro atoms. The van der Waals surface area contributed by atoms with Gasteiger partial charge in [0.15, 0.2) is 6.10 Å². The number of esters is 3. The van der Waals surface area contributed by atoms with Crippen molar-refractivity contribution in [2.75, 3.05) is 13.2 Å². The molecule has 0 radical (unpaired) electrons. The molecule has 0 aromatic rings. The van der Waals surface area contributed by atoms with Gasteiger partial charge in [-0.05, 0) is 51.4 Å². The van der Waals surface area contributed by atoms with Crippen LogP contribution in [0, 0.1) is 0 Å². The van der Waals surface area contributed by atoms with Gasteiger partial charge >= 0.3 is 17.9 Å². The first kappa shape index (κ1) is 59.6. The number of hydrogen-bond donors (Lipinski definition) is 0. The summed E-state index contributed by atoms with van der Waals surface area (Å²) in [7, 11) is 0. The fraction of sp³-hybridized carbons (Fsp3) is 0.839. The molecule has 0 aliphatic rings. The van der Waals surface area contributed by atoms with Crippen LogP contribution in [-0.2, 0) is 28.6 Å². The molecule has 0 heterocycles. The second kappa shape index (κ2) is 51.3. The first-order valence-electron chi connectivity index (χ1n) is 27.0. The summed E-state index contributed by atoms with van der Waals surface area (Å²) < 4.78 is 16.7. The molecule has 0 aliphatic heterocycles. The molecule has 0 saturated carbocycles. The van der Waals surface area contributed by atoms with Crippen LogP contribution in [0.1, 0.15) is 284 Å². The fourth-order valence-corrected chi connectivity index (χ4v) is 7.81. The average molecular weight is 871 g/mol. The summed E-state index contributed by atoms with van der Waals surface area (Å²) in [5.74, 6) is -0.931. The Morgan fingerprint density at radius 1 is 0.323 bits per heavy atom. The number of allylic oxidation sites excluding steroid dienone is 6. The molecule has 362 valence electrons. The van der Waals surface area contributed by atoms with Gasteiger partial charge in [0, 0.05) is 19.3 Å². The third kappa shape index (κ3) is 48.7. The molecule has 0 aromatic carbocycles. The summed E-state index contributed by atoms with van der Waals surface area (Å²) in [5, 5.41) is 0. The van der Waals surface area contributed by atoms with E-state index in [-0.39, 0.29) is 37.5 Å². The predicted molar refractivity (Wildman–Crippen MR) is 266 cm³/mol. The van der Waals surface area contributed by atoms with E-state index in [2.05, 4.69) is 57.2 Å². The van der Waals surface area contributed by atoms with Gasteiger partial charge in [0.1, 0.15) is 13.2 Å². The Balaban J connectivity index is 4.34. The maximum Gasteiger partial charge on any atom is 0.306 e. The molecule has 62 heavy (non-hydrogen) atoms. The predicted octanol–water partition coefficient (Wildman–Crippen LogP) is 17.7. The molecule has 0 amide bonds. The van der Waals surface area contributed by atoms with Crippen LogP contribution in [0.5, 0.6) is 0 Å². The van der Waals surface area contributed by atoms with Crippen molar-refractivity contribution in [2.45, 2.75) is 290 Å². The van der Waals surface area contributed by atoms with E-state index in [1.807, 2.05) is 0 Å². The topological polar surface area (TPSA) is 78.9 Å². The Kier molecular flexibility index (Phi) is 49.3. The Morgan fingerprint density at radius 2 is 0.597 bits per heavy atom. The highest BCUT2D eigenvalue weighted by molar-refractivity contribution is 5.71. The molecule has 0 bridgehead atoms. The lowest BCUT2D eigenvalue weighted by Gasteiger charge is -2.18. The molecule has 0 fully saturated rings. The highest BCUT2D eigenvalue weighted by atomic mass is 16.6. The lowest BCUT2D eigenvalue weighted by atomic mass is 10.0. The van der Waals surface area contributed by atoms with E-state index in [4.69, 9.17) is 14.2 Å². The smallest absolute Gasteiger partial charge is 0.306 e. The summed E-state index contributed by atoms with van der Waals surface area (Å²) in [4.78, 5) is 37.9. The Bertz CT molecular complexity index is 1050. The standard InChI is InChI=1S/C56H102O6/c1-4-7-10-13-16-19-21-23-25-27-29-30-32-34-37-40-43-46-49-55(58)61-52-53(51-60-54(57)48-45-42-39-36-18-15-12-9-6-3)62-56(59)50-47-44-41-38-35-33-31-28-26-24-22-20-17-14-11-8-5-2/h24,26,31,33,38,41,53H,4-23,25,27-30,32,34-37,39-40,42-52H2,1-3H3/b26-24-,33-31-,41-38-. The van der Waals surface area contributed by atoms with Gasteiger partial charge in [0.2, 0.25) is 0 Å². The van der Waals surface area contributed by atoms with Gasteiger partial charge in [-0.15, -0.1) is 0 Å². The summed E-state index contributed by atoms with van der Waals surface area (Å²) >= 11 is 0. The first-order chi connectivity index (χ1) is 30.5. The van der Waals surface area contributed by atoms with Gasteiger partial charge in [-0.3, -0.25) is 14.4 Å². The number of ether oxygens (including phenoxy) is 3. The lowest BCUT2D eigenvalue weighted by Crippen LogP contribution is -2.30. The van der Waals surface area contributed by atoms with E-state index in [0.29, 0.717) is 19.3 Å². The monoisotopic (exact) mass is 871 g/mol. The van der Waals surface area contributed by atoms with E-state index in [1.54, 1.807) is 0 Å². The van der Waals surface area contributed by atoms with Crippen molar-refractivity contribution in [3.8, 4) is 0 Å². The molecule has 0 aliphatic carbocycles. The summed E-state index contributed by atoms with van der Waals surface area (Å²) in [6, 6.07) is 0. The number of rotatable bonds is 49. The van der Waals surface area contributed by atoms with Gasteiger partial charge in [0.25, 0.3) is 0 Å². The van der Waals surface area contributed by atoms with Crippen LogP contribution in [0.4, 0.5) is 0 Å². The number of carbonyl (C=O) groups is 3. The van der Waals surface area contributed by atoms with Gasteiger partial charge in [-0.2, -0.15) is 0 Å².